The van der Waals surface area contributed by atoms with Crippen LogP contribution in [0.4, 0.5) is 5.95 Å². The molecule has 94 valence electrons. The number of piperidine rings is 1. The van der Waals surface area contributed by atoms with Crippen molar-refractivity contribution in [3.8, 4) is 0 Å². The third-order valence-corrected chi connectivity index (χ3v) is 4.45. The van der Waals surface area contributed by atoms with Crippen LogP contribution in [0.3, 0.4) is 0 Å². The predicted octanol–water partition coefficient (Wildman–Crippen LogP) is 2.30. The van der Waals surface area contributed by atoms with Crippen LogP contribution in [0.15, 0.2) is 12.4 Å². The Labute approximate surface area is 110 Å². The molecule has 6 heteroatoms. The number of fused-ring (bicyclic) bond motifs is 1. The number of halogens is 1. The maximum Gasteiger partial charge on any atom is 0.232 e. The minimum absolute atomic E-state index is 0.358. The van der Waals surface area contributed by atoms with Gasteiger partial charge in [-0.1, -0.05) is 11.6 Å². The van der Waals surface area contributed by atoms with Gasteiger partial charge in [0, 0.05) is 24.5 Å². The fourth-order valence-corrected chi connectivity index (χ4v) is 3.23. The average molecular weight is 264 g/mol. The summed E-state index contributed by atoms with van der Waals surface area (Å²) in [5.41, 5.74) is 1.01. The zero-order valence-corrected chi connectivity index (χ0v) is 10.8. The summed E-state index contributed by atoms with van der Waals surface area (Å²) in [6.07, 6.45) is 9.99. The Morgan fingerprint density at radius 2 is 2.06 bits per heavy atom. The fraction of sp³-hybridized carbons (Fsp3) is 0.583. The fourth-order valence-electron chi connectivity index (χ4n) is 3.04. The molecule has 1 saturated carbocycles. The first-order valence-corrected chi connectivity index (χ1v) is 6.81. The van der Waals surface area contributed by atoms with Crippen LogP contribution < -0.4 is 4.90 Å². The zero-order chi connectivity index (χ0) is 12.2. The molecular weight excluding hydrogens is 250 g/mol. The average Bonchev–Trinajstić information content (AvgIpc) is 3.00. The first kappa shape index (κ1) is 10.6. The molecule has 2 fully saturated rings. The molecular formula is C12H14ClN5. The second kappa shape index (κ2) is 3.57. The number of aromatic nitrogens is 4. The van der Waals surface area contributed by atoms with E-state index in [2.05, 4.69) is 20.1 Å². The maximum atomic E-state index is 6.04. The molecule has 0 atom stereocenters. The third-order valence-electron chi connectivity index (χ3n) is 4.18. The van der Waals surface area contributed by atoms with E-state index in [1.54, 1.807) is 6.20 Å². The lowest BCUT2D eigenvalue weighted by atomic mass is 10.0. The maximum absolute atomic E-state index is 6.04. The van der Waals surface area contributed by atoms with Gasteiger partial charge in [0.25, 0.3) is 0 Å². The molecule has 0 radical (unpaired) electrons. The van der Waals surface area contributed by atoms with E-state index in [4.69, 9.17) is 11.6 Å². The van der Waals surface area contributed by atoms with Crippen LogP contribution in [0, 0.1) is 0 Å². The number of hydrogen-bond acceptors (Lipinski definition) is 4. The molecule has 0 aromatic carbocycles. The van der Waals surface area contributed by atoms with Crippen molar-refractivity contribution in [1.82, 2.24) is 19.6 Å². The van der Waals surface area contributed by atoms with Crippen LogP contribution in [0.1, 0.15) is 32.1 Å². The van der Waals surface area contributed by atoms with Gasteiger partial charge in [0.05, 0.1) is 0 Å². The van der Waals surface area contributed by atoms with Gasteiger partial charge < -0.3 is 4.90 Å². The van der Waals surface area contributed by atoms with Gasteiger partial charge in [0.1, 0.15) is 0 Å². The van der Waals surface area contributed by atoms with Gasteiger partial charge in [0.2, 0.25) is 5.95 Å². The Kier molecular flexibility index (Phi) is 2.09. The number of anilines is 1. The van der Waals surface area contributed by atoms with Crippen LogP contribution in [0.5, 0.6) is 0 Å². The van der Waals surface area contributed by atoms with Crippen molar-refractivity contribution in [3.63, 3.8) is 0 Å². The molecule has 3 heterocycles. The highest BCUT2D eigenvalue weighted by atomic mass is 35.5. The predicted molar refractivity (Wildman–Crippen MR) is 69.0 cm³/mol. The van der Waals surface area contributed by atoms with Gasteiger partial charge in [-0.2, -0.15) is 0 Å². The van der Waals surface area contributed by atoms with E-state index in [-0.39, 0.29) is 0 Å². The van der Waals surface area contributed by atoms with Crippen LogP contribution in [0.2, 0.25) is 5.15 Å². The van der Waals surface area contributed by atoms with Crippen LogP contribution >= 0.6 is 11.6 Å². The van der Waals surface area contributed by atoms with E-state index in [0.717, 1.165) is 12.5 Å². The van der Waals surface area contributed by atoms with Crippen LogP contribution in [-0.2, 0) is 0 Å². The highest BCUT2D eigenvalue weighted by Gasteiger charge is 2.50. The quantitative estimate of drug-likeness (QED) is 0.792. The molecule has 4 rings (SSSR count). The molecule has 2 aromatic heterocycles. The number of rotatable bonds is 1. The summed E-state index contributed by atoms with van der Waals surface area (Å²) in [4.78, 5) is 6.46. The molecule has 2 aromatic rings. The van der Waals surface area contributed by atoms with Crippen molar-refractivity contribution < 1.29 is 0 Å². The molecule has 1 spiro atoms. The van der Waals surface area contributed by atoms with E-state index in [0.29, 0.717) is 16.3 Å². The summed E-state index contributed by atoms with van der Waals surface area (Å²) in [7, 11) is 0. The minimum atomic E-state index is 0.358. The highest BCUT2D eigenvalue weighted by Crippen LogP contribution is 2.49. The molecule has 18 heavy (non-hydrogen) atoms. The van der Waals surface area contributed by atoms with Crippen molar-refractivity contribution in [2.45, 2.75) is 37.6 Å². The molecule has 1 aliphatic carbocycles. The van der Waals surface area contributed by atoms with Gasteiger partial charge in [-0.15, -0.1) is 10.2 Å². The van der Waals surface area contributed by atoms with Gasteiger partial charge in [0.15, 0.2) is 10.8 Å². The first-order chi connectivity index (χ1) is 8.80. The van der Waals surface area contributed by atoms with Gasteiger partial charge >= 0.3 is 0 Å². The summed E-state index contributed by atoms with van der Waals surface area (Å²) >= 11 is 6.04. The summed E-state index contributed by atoms with van der Waals surface area (Å²) in [6, 6.07) is 0. The van der Waals surface area contributed by atoms with E-state index in [1.165, 1.54) is 32.1 Å². The van der Waals surface area contributed by atoms with Gasteiger partial charge in [-0.25, -0.2) is 4.98 Å². The lowest BCUT2D eigenvalue weighted by molar-refractivity contribution is 0.437. The zero-order valence-electron chi connectivity index (χ0n) is 10.0. The second-order valence-corrected chi connectivity index (χ2v) is 5.60. The largest absolute Gasteiger partial charge is 0.335 e. The van der Waals surface area contributed by atoms with Crippen molar-refractivity contribution in [1.29, 1.82) is 0 Å². The molecule has 2 aliphatic rings. The molecule has 0 amide bonds. The highest BCUT2D eigenvalue weighted by molar-refractivity contribution is 6.32. The standard InChI is InChI=1S/C12H14ClN5/c13-9-10-15-16-11(17(10)8-6-14-9)18-7-2-1-3-12(18)4-5-12/h6,8H,1-5,7H2. The molecule has 1 aliphatic heterocycles. The summed E-state index contributed by atoms with van der Waals surface area (Å²) in [5, 5.41) is 8.91. The van der Waals surface area contributed by atoms with Gasteiger partial charge in [-0.05, 0) is 32.1 Å². The van der Waals surface area contributed by atoms with Crippen molar-refractivity contribution in [2.75, 3.05) is 11.4 Å². The summed E-state index contributed by atoms with van der Waals surface area (Å²) in [6.45, 7) is 1.07. The lowest BCUT2D eigenvalue weighted by Gasteiger charge is -2.36. The Hall–Kier alpha value is -1.36. The Morgan fingerprint density at radius 1 is 1.17 bits per heavy atom. The van der Waals surface area contributed by atoms with Crippen molar-refractivity contribution >= 4 is 23.2 Å². The monoisotopic (exact) mass is 263 g/mol. The smallest absolute Gasteiger partial charge is 0.232 e. The third kappa shape index (κ3) is 1.37. The topological polar surface area (TPSA) is 46.3 Å². The summed E-state index contributed by atoms with van der Waals surface area (Å²) in [5.74, 6) is 0.923. The second-order valence-electron chi connectivity index (χ2n) is 5.24. The lowest BCUT2D eigenvalue weighted by Crippen LogP contribution is -2.42. The Morgan fingerprint density at radius 3 is 2.89 bits per heavy atom. The van der Waals surface area contributed by atoms with Crippen LogP contribution in [0.25, 0.3) is 5.65 Å². The molecule has 0 unspecified atom stereocenters. The minimum Gasteiger partial charge on any atom is -0.335 e. The van der Waals surface area contributed by atoms with E-state index in [9.17, 15) is 0 Å². The molecule has 0 bridgehead atoms. The summed E-state index contributed by atoms with van der Waals surface area (Å²) < 4.78 is 1.96. The normalized spacial score (nSPS) is 21.7. The van der Waals surface area contributed by atoms with E-state index in [1.807, 2.05) is 10.6 Å². The van der Waals surface area contributed by atoms with Crippen molar-refractivity contribution in [2.24, 2.45) is 0 Å². The number of nitrogens with zero attached hydrogens (tertiary/aromatic N) is 5. The SMILES string of the molecule is Clc1nccn2c(N3CCCCC34CC4)nnc12. The molecule has 5 nitrogen and oxygen atoms in total. The number of hydrogen-bond donors (Lipinski definition) is 0. The molecule has 1 saturated heterocycles. The Balaban J connectivity index is 1.85. The van der Waals surface area contributed by atoms with E-state index < -0.39 is 0 Å². The van der Waals surface area contributed by atoms with Crippen molar-refractivity contribution in [3.05, 3.63) is 17.5 Å². The Bertz CT molecular complexity index is 604. The van der Waals surface area contributed by atoms with Gasteiger partial charge in [-0.3, -0.25) is 4.40 Å². The van der Waals surface area contributed by atoms with E-state index >= 15 is 0 Å². The molecule has 0 N–H and O–H groups in total. The first-order valence-electron chi connectivity index (χ1n) is 6.43. The van der Waals surface area contributed by atoms with Crippen LogP contribution in [-0.4, -0.2) is 31.7 Å².